The first-order valence-electron chi connectivity index (χ1n) is 6.74. The van der Waals surface area contributed by atoms with Crippen molar-refractivity contribution in [3.8, 4) is 11.3 Å². The fourth-order valence-electron chi connectivity index (χ4n) is 2.73. The third kappa shape index (κ3) is 2.05. The molecule has 0 saturated carbocycles. The fourth-order valence-corrected chi connectivity index (χ4v) is 2.73. The second kappa shape index (κ2) is 4.66. The van der Waals surface area contributed by atoms with Gasteiger partial charge in [-0.1, -0.05) is 12.1 Å². The molecule has 0 N–H and O–H groups in total. The van der Waals surface area contributed by atoms with Gasteiger partial charge in [0, 0.05) is 36.1 Å². The first-order chi connectivity index (χ1) is 10.3. The summed E-state index contributed by atoms with van der Waals surface area (Å²) in [7, 11) is 0. The number of pyridine rings is 3. The standard InChI is InChI=1S/C17H12FN3/c18-15-9-12(5-7-19-15)11-21-8-2-4-14-10-13-3-1-6-20-16(13)17(14)21/h1-10H,11H2. The molecule has 1 aliphatic carbocycles. The molecule has 4 rings (SSSR count). The maximum Gasteiger partial charge on any atom is 0.213 e. The van der Waals surface area contributed by atoms with Crippen molar-refractivity contribution in [2.45, 2.75) is 6.54 Å². The van der Waals surface area contributed by atoms with E-state index in [4.69, 9.17) is 0 Å². The maximum absolute atomic E-state index is 13.2. The van der Waals surface area contributed by atoms with Gasteiger partial charge in [-0.05, 0) is 35.9 Å². The molecular weight excluding hydrogens is 265 g/mol. The third-order valence-corrected chi connectivity index (χ3v) is 3.62. The van der Waals surface area contributed by atoms with Crippen molar-refractivity contribution in [3.05, 3.63) is 72.6 Å². The Hall–Kier alpha value is -2.75. The van der Waals surface area contributed by atoms with Crippen LogP contribution in [0, 0.1) is 5.95 Å². The van der Waals surface area contributed by atoms with E-state index in [1.807, 2.05) is 24.4 Å². The quantitative estimate of drug-likeness (QED) is 0.523. The predicted molar refractivity (Wildman–Crippen MR) is 79.7 cm³/mol. The first-order valence-corrected chi connectivity index (χ1v) is 6.74. The SMILES string of the molecule is Fc1cc(Cn2cccc3cc4cccnc4c2-3)ccn1. The molecule has 0 atom stereocenters. The summed E-state index contributed by atoms with van der Waals surface area (Å²) in [6.45, 7) is 0.590. The molecule has 2 aromatic rings. The Balaban J connectivity index is 1.89. The molecule has 21 heavy (non-hydrogen) atoms. The average molecular weight is 277 g/mol. The van der Waals surface area contributed by atoms with Crippen molar-refractivity contribution >= 4 is 10.9 Å². The number of rotatable bonds is 2. The average Bonchev–Trinajstić information content (AvgIpc) is 2.87. The van der Waals surface area contributed by atoms with Crippen LogP contribution in [0.2, 0.25) is 0 Å². The van der Waals surface area contributed by atoms with Crippen LogP contribution in [0.5, 0.6) is 0 Å². The third-order valence-electron chi connectivity index (χ3n) is 3.62. The molecule has 0 saturated heterocycles. The lowest BCUT2D eigenvalue weighted by Gasteiger charge is -2.13. The van der Waals surface area contributed by atoms with Gasteiger partial charge in [0.05, 0.1) is 11.2 Å². The van der Waals surface area contributed by atoms with Crippen LogP contribution < -0.4 is 0 Å². The summed E-state index contributed by atoms with van der Waals surface area (Å²) < 4.78 is 15.3. The minimum absolute atomic E-state index is 0.453. The number of nitrogens with zero attached hydrogens (tertiary/aromatic N) is 3. The lowest BCUT2D eigenvalue weighted by Crippen LogP contribution is -2.04. The van der Waals surface area contributed by atoms with Gasteiger partial charge < -0.3 is 4.57 Å². The first kappa shape index (κ1) is 12.0. The van der Waals surface area contributed by atoms with Crippen LogP contribution in [-0.4, -0.2) is 14.5 Å². The van der Waals surface area contributed by atoms with Crippen molar-refractivity contribution in [1.29, 1.82) is 0 Å². The number of hydrogen-bond acceptors (Lipinski definition) is 2. The van der Waals surface area contributed by atoms with Crippen LogP contribution in [-0.2, 0) is 6.54 Å². The van der Waals surface area contributed by atoms with Crippen LogP contribution in [0.25, 0.3) is 22.2 Å². The number of hydrogen-bond donors (Lipinski definition) is 0. The lowest BCUT2D eigenvalue weighted by molar-refractivity contribution is 0.580. The predicted octanol–water partition coefficient (Wildman–Crippen LogP) is 3.72. The smallest absolute Gasteiger partial charge is 0.213 e. The van der Waals surface area contributed by atoms with E-state index in [1.54, 1.807) is 6.20 Å². The van der Waals surface area contributed by atoms with Crippen LogP contribution in [0.15, 0.2) is 61.1 Å². The molecule has 0 amide bonds. The van der Waals surface area contributed by atoms with Crippen LogP contribution in [0.4, 0.5) is 4.39 Å². The highest BCUT2D eigenvalue weighted by molar-refractivity contribution is 5.97. The zero-order chi connectivity index (χ0) is 14.2. The molecule has 2 aromatic heterocycles. The molecule has 0 unspecified atom stereocenters. The highest BCUT2D eigenvalue weighted by Crippen LogP contribution is 2.32. The zero-order valence-corrected chi connectivity index (χ0v) is 11.2. The topological polar surface area (TPSA) is 30.7 Å². The molecule has 0 fully saturated rings. The van der Waals surface area contributed by atoms with E-state index in [9.17, 15) is 4.39 Å². The molecule has 0 radical (unpaired) electrons. The molecule has 0 bridgehead atoms. The Labute approximate surface area is 121 Å². The summed E-state index contributed by atoms with van der Waals surface area (Å²) in [4.78, 5) is 8.08. The molecule has 0 spiro atoms. The highest BCUT2D eigenvalue weighted by atomic mass is 19.1. The summed E-state index contributed by atoms with van der Waals surface area (Å²) in [5, 5.41) is 1.12. The van der Waals surface area contributed by atoms with Gasteiger partial charge in [-0.25, -0.2) is 4.98 Å². The largest absolute Gasteiger partial charge is 0.341 e. The van der Waals surface area contributed by atoms with E-state index in [2.05, 4.69) is 32.7 Å². The van der Waals surface area contributed by atoms with E-state index in [0.29, 0.717) is 6.54 Å². The molecule has 4 heteroatoms. The normalized spacial score (nSPS) is 11.3. The Bertz CT molecular complexity index is 897. The lowest BCUT2D eigenvalue weighted by atomic mass is 10.2. The summed E-state index contributed by atoms with van der Waals surface area (Å²) in [5.74, 6) is -0.453. The van der Waals surface area contributed by atoms with Crippen molar-refractivity contribution in [3.63, 3.8) is 0 Å². The fraction of sp³-hybridized carbons (Fsp3) is 0.0588. The van der Waals surface area contributed by atoms with Gasteiger partial charge in [0.15, 0.2) is 0 Å². The summed E-state index contributed by atoms with van der Waals surface area (Å²) in [6, 6.07) is 13.5. The second-order valence-electron chi connectivity index (χ2n) is 5.01. The molecule has 3 nitrogen and oxygen atoms in total. The van der Waals surface area contributed by atoms with Gasteiger partial charge in [0.25, 0.3) is 0 Å². The number of aromatic nitrogens is 3. The Morgan fingerprint density at radius 2 is 1.95 bits per heavy atom. The van der Waals surface area contributed by atoms with E-state index in [-0.39, 0.29) is 0 Å². The van der Waals surface area contributed by atoms with Crippen molar-refractivity contribution < 1.29 is 4.39 Å². The van der Waals surface area contributed by atoms with Gasteiger partial charge in [-0.2, -0.15) is 4.39 Å². The molecule has 1 aliphatic heterocycles. The minimum Gasteiger partial charge on any atom is -0.341 e. The van der Waals surface area contributed by atoms with Gasteiger partial charge in [0.2, 0.25) is 5.95 Å². The van der Waals surface area contributed by atoms with E-state index in [0.717, 1.165) is 27.7 Å². The second-order valence-corrected chi connectivity index (χ2v) is 5.01. The molecule has 0 aromatic carbocycles. The van der Waals surface area contributed by atoms with Gasteiger partial charge in [-0.3, -0.25) is 4.98 Å². The summed E-state index contributed by atoms with van der Waals surface area (Å²) >= 11 is 0. The maximum atomic E-state index is 13.2. The molecular formula is C17H12FN3. The van der Waals surface area contributed by atoms with Crippen LogP contribution >= 0.6 is 0 Å². The monoisotopic (exact) mass is 277 g/mol. The minimum atomic E-state index is -0.453. The Kier molecular flexibility index (Phi) is 2.67. The van der Waals surface area contributed by atoms with Crippen molar-refractivity contribution in [1.82, 2.24) is 14.5 Å². The van der Waals surface area contributed by atoms with E-state index < -0.39 is 5.95 Å². The van der Waals surface area contributed by atoms with Crippen molar-refractivity contribution in [2.75, 3.05) is 0 Å². The molecule has 3 heterocycles. The Morgan fingerprint density at radius 1 is 1.00 bits per heavy atom. The molecule has 102 valence electrons. The van der Waals surface area contributed by atoms with Crippen LogP contribution in [0.1, 0.15) is 5.56 Å². The number of fused-ring (bicyclic) bond motifs is 3. The molecule has 2 aliphatic rings. The van der Waals surface area contributed by atoms with Crippen LogP contribution in [0.3, 0.4) is 0 Å². The van der Waals surface area contributed by atoms with E-state index >= 15 is 0 Å². The van der Waals surface area contributed by atoms with E-state index in [1.165, 1.54) is 12.3 Å². The zero-order valence-electron chi connectivity index (χ0n) is 11.2. The highest BCUT2D eigenvalue weighted by Gasteiger charge is 2.14. The number of halogens is 1. The summed E-state index contributed by atoms with van der Waals surface area (Å²) in [6.07, 6.45) is 5.28. The van der Waals surface area contributed by atoms with Crippen molar-refractivity contribution in [2.24, 2.45) is 0 Å². The van der Waals surface area contributed by atoms with Gasteiger partial charge in [-0.15, -0.1) is 0 Å². The Morgan fingerprint density at radius 3 is 2.86 bits per heavy atom. The summed E-state index contributed by atoms with van der Waals surface area (Å²) in [5.41, 5.74) is 4.07. The van der Waals surface area contributed by atoms with Gasteiger partial charge >= 0.3 is 0 Å². The van der Waals surface area contributed by atoms with Gasteiger partial charge in [0.1, 0.15) is 0 Å².